The summed E-state index contributed by atoms with van der Waals surface area (Å²) in [7, 11) is 0. The van der Waals surface area contributed by atoms with Crippen LogP contribution in [0.25, 0.3) is 0 Å². The number of rotatable bonds is 5. The van der Waals surface area contributed by atoms with Crippen molar-refractivity contribution in [2.75, 3.05) is 23.4 Å². The summed E-state index contributed by atoms with van der Waals surface area (Å²) in [4.78, 5) is 26.7. The first-order chi connectivity index (χ1) is 13.1. The molecule has 140 valence electrons. The van der Waals surface area contributed by atoms with Crippen molar-refractivity contribution in [2.24, 2.45) is 5.92 Å². The molecule has 2 heterocycles. The normalized spacial score (nSPS) is 18.5. The van der Waals surface area contributed by atoms with Crippen LogP contribution in [0, 0.1) is 5.92 Å². The van der Waals surface area contributed by atoms with Crippen molar-refractivity contribution in [3.8, 4) is 5.75 Å². The fraction of sp³-hybridized carbons (Fsp3) is 0.333. The van der Waals surface area contributed by atoms with E-state index in [1.54, 1.807) is 4.90 Å². The summed E-state index contributed by atoms with van der Waals surface area (Å²) in [5, 5.41) is 2.94. The van der Waals surface area contributed by atoms with Gasteiger partial charge in [-0.1, -0.05) is 6.07 Å². The van der Waals surface area contributed by atoms with Gasteiger partial charge in [0.05, 0.1) is 25.7 Å². The number of carbonyl (C=O) groups excluding carboxylic acids is 2. The molecule has 1 atom stereocenters. The van der Waals surface area contributed by atoms with Crippen molar-refractivity contribution < 1.29 is 19.1 Å². The molecule has 6 nitrogen and oxygen atoms in total. The molecule has 1 saturated heterocycles. The number of carbonyl (C=O) groups is 2. The molecular weight excluding hydrogens is 344 g/mol. The third kappa shape index (κ3) is 3.66. The molecule has 2 aromatic rings. The Morgan fingerprint density at radius 2 is 1.96 bits per heavy atom. The van der Waals surface area contributed by atoms with E-state index in [0.717, 1.165) is 28.3 Å². The summed E-state index contributed by atoms with van der Waals surface area (Å²) in [6, 6.07) is 13.2. The Labute approximate surface area is 158 Å². The lowest BCUT2D eigenvalue weighted by molar-refractivity contribution is -0.122. The average Bonchev–Trinajstić information content (AvgIpc) is 3.29. The lowest BCUT2D eigenvalue weighted by Crippen LogP contribution is -2.28. The van der Waals surface area contributed by atoms with Crippen molar-refractivity contribution in [1.82, 2.24) is 0 Å². The highest BCUT2D eigenvalue weighted by atomic mass is 16.5. The van der Waals surface area contributed by atoms with Crippen molar-refractivity contribution >= 4 is 23.2 Å². The largest absolute Gasteiger partial charge is 0.494 e. The van der Waals surface area contributed by atoms with E-state index in [4.69, 9.17) is 9.47 Å². The zero-order valence-corrected chi connectivity index (χ0v) is 15.2. The third-order valence-corrected chi connectivity index (χ3v) is 4.94. The van der Waals surface area contributed by atoms with Gasteiger partial charge in [0.2, 0.25) is 11.8 Å². The summed E-state index contributed by atoms with van der Waals surface area (Å²) in [6.45, 7) is 4.10. The third-order valence-electron chi connectivity index (χ3n) is 4.94. The number of hydrogen-bond donors (Lipinski definition) is 1. The molecule has 2 aliphatic heterocycles. The molecule has 4 rings (SSSR count). The van der Waals surface area contributed by atoms with Gasteiger partial charge in [-0.05, 0) is 54.4 Å². The van der Waals surface area contributed by atoms with Crippen LogP contribution in [-0.4, -0.2) is 25.0 Å². The van der Waals surface area contributed by atoms with Gasteiger partial charge in [0, 0.05) is 24.3 Å². The number of fused-ring (bicyclic) bond motifs is 1. The SMILES string of the molecule is CCOc1ccc(N2C[C@@H](C(=O)Nc3ccc4c(c3)COC4)CC2=O)cc1. The van der Waals surface area contributed by atoms with Gasteiger partial charge in [0.25, 0.3) is 0 Å². The summed E-state index contributed by atoms with van der Waals surface area (Å²) in [5.74, 6) is 0.230. The van der Waals surface area contributed by atoms with Crippen LogP contribution in [0.5, 0.6) is 5.75 Å². The van der Waals surface area contributed by atoms with Gasteiger partial charge < -0.3 is 19.7 Å². The van der Waals surface area contributed by atoms with Crippen LogP contribution in [0.15, 0.2) is 42.5 Å². The van der Waals surface area contributed by atoms with E-state index in [1.807, 2.05) is 49.4 Å². The van der Waals surface area contributed by atoms with E-state index < -0.39 is 0 Å². The topological polar surface area (TPSA) is 67.9 Å². The predicted molar refractivity (Wildman–Crippen MR) is 102 cm³/mol. The maximum atomic E-state index is 12.6. The standard InChI is InChI=1S/C21H22N2O4/c1-2-27-19-7-5-18(6-8-19)23-11-15(10-20(23)24)21(25)22-17-4-3-14-12-26-13-16(14)9-17/h3-9,15H,2,10-13H2,1H3,(H,22,25)/t15-/m0/s1. The van der Waals surface area contributed by atoms with Crippen molar-refractivity contribution in [2.45, 2.75) is 26.6 Å². The number of nitrogens with zero attached hydrogens (tertiary/aromatic N) is 1. The molecule has 27 heavy (non-hydrogen) atoms. The van der Waals surface area contributed by atoms with Gasteiger partial charge in [-0.3, -0.25) is 9.59 Å². The highest BCUT2D eigenvalue weighted by Gasteiger charge is 2.35. The minimum Gasteiger partial charge on any atom is -0.494 e. The molecule has 2 aromatic carbocycles. The molecule has 6 heteroatoms. The molecule has 0 spiro atoms. The van der Waals surface area contributed by atoms with E-state index in [-0.39, 0.29) is 24.2 Å². The van der Waals surface area contributed by atoms with Gasteiger partial charge in [-0.25, -0.2) is 0 Å². The Hall–Kier alpha value is -2.86. The zero-order valence-electron chi connectivity index (χ0n) is 15.2. The number of benzene rings is 2. The van der Waals surface area contributed by atoms with Crippen molar-refractivity contribution in [3.05, 3.63) is 53.6 Å². The van der Waals surface area contributed by atoms with Gasteiger partial charge in [-0.2, -0.15) is 0 Å². The first-order valence-corrected chi connectivity index (χ1v) is 9.17. The second-order valence-corrected chi connectivity index (χ2v) is 6.80. The number of amides is 2. The van der Waals surface area contributed by atoms with E-state index >= 15 is 0 Å². The quantitative estimate of drug-likeness (QED) is 0.883. The molecule has 0 aromatic heterocycles. The lowest BCUT2D eigenvalue weighted by Gasteiger charge is -2.17. The first kappa shape index (κ1) is 17.5. The Kier molecular flexibility index (Phi) is 4.81. The maximum absolute atomic E-state index is 12.6. The molecule has 2 aliphatic rings. The van der Waals surface area contributed by atoms with E-state index in [2.05, 4.69) is 5.32 Å². The van der Waals surface area contributed by atoms with Crippen LogP contribution in [-0.2, 0) is 27.5 Å². The maximum Gasteiger partial charge on any atom is 0.229 e. The highest BCUT2D eigenvalue weighted by molar-refractivity contribution is 6.03. The summed E-state index contributed by atoms with van der Waals surface area (Å²) < 4.78 is 10.8. The van der Waals surface area contributed by atoms with E-state index in [9.17, 15) is 9.59 Å². The van der Waals surface area contributed by atoms with Crippen LogP contribution in [0.2, 0.25) is 0 Å². The molecule has 0 aliphatic carbocycles. The molecule has 1 fully saturated rings. The van der Waals surface area contributed by atoms with E-state index in [1.165, 1.54) is 0 Å². The molecule has 0 unspecified atom stereocenters. The average molecular weight is 366 g/mol. The second kappa shape index (κ2) is 7.40. The first-order valence-electron chi connectivity index (χ1n) is 9.17. The van der Waals surface area contributed by atoms with Crippen LogP contribution < -0.4 is 15.0 Å². The summed E-state index contributed by atoms with van der Waals surface area (Å²) >= 11 is 0. The number of hydrogen-bond acceptors (Lipinski definition) is 4. The minimum atomic E-state index is -0.367. The Bertz CT molecular complexity index is 863. The van der Waals surface area contributed by atoms with Crippen LogP contribution in [0.3, 0.4) is 0 Å². The number of nitrogens with one attached hydrogen (secondary N) is 1. The Morgan fingerprint density at radius 1 is 1.19 bits per heavy atom. The molecule has 1 N–H and O–H groups in total. The smallest absolute Gasteiger partial charge is 0.229 e. The zero-order chi connectivity index (χ0) is 18.8. The van der Waals surface area contributed by atoms with Crippen LogP contribution >= 0.6 is 0 Å². The lowest BCUT2D eigenvalue weighted by atomic mass is 10.1. The van der Waals surface area contributed by atoms with Crippen molar-refractivity contribution in [1.29, 1.82) is 0 Å². The van der Waals surface area contributed by atoms with Gasteiger partial charge >= 0.3 is 0 Å². The molecule has 2 amide bonds. The minimum absolute atomic E-state index is 0.0401. The van der Waals surface area contributed by atoms with Crippen molar-refractivity contribution in [3.63, 3.8) is 0 Å². The van der Waals surface area contributed by atoms with E-state index in [0.29, 0.717) is 26.4 Å². The van der Waals surface area contributed by atoms with Crippen LogP contribution in [0.1, 0.15) is 24.5 Å². The Morgan fingerprint density at radius 3 is 2.74 bits per heavy atom. The summed E-state index contributed by atoms with van der Waals surface area (Å²) in [6.07, 6.45) is 0.215. The van der Waals surface area contributed by atoms with Crippen LogP contribution in [0.4, 0.5) is 11.4 Å². The second-order valence-electron chi connectivity index (χ2n) is 6.80. The highest BCUT2D eigenvalue weighted by Crippen LogP contribution is 2.28. The molecular formula is C21H22N2O4. The number of ether oxygens (including phenoxy) is 2. The van der Waals surface area contributed by atoms with Gasteiger partial charge in [0.1, 0.15) is 5.75 Å². The molecule has 0 bridgehead atoms. The number of anilines is 2. The van der Waals surface area contributed by atoms with Gasteiger partial charge in [-0.15, -0.1) is 0 Å². The molecule has 0 radical (unpaired) electrons. The van der Waals surface area contributed by atoms with Gasteiger partial charge in [0.15, 0.2) is 0 Å². The monoisotopic (exact) mass is 366 g/mol. The molecule has 0 saturated carbocycles. The fourth-order valence-corrected chi connectivity index (χ4v) is 3.52. The Balaban J connectivity index is 1.41. The fourth-order valence-electron chi connectivity index (χ4n) is 3.52. The predicted octanol–water partition coefficient (Wildman–Crippen LogP) is 3.11. The summed E-state index contributed by atoms with van der Waals surface area (Å²) in [5.41, 5.74) is 3.79.